The zero-order valence-electron chi connectivity index (χ0n) is 3.89. The fourth-order valence-corrected chi connectivity index (χ4v) is 0.205. The van der Waals surface area contributed by atoms with Crippen LogP contribution in [0.1, 0.15) is 0 Å². The summed E-state index contributed by atoms with van der Waals surface area (Å²) < 4.78 is 0. The molecule has 1 rings (SSSR count). The van der Waals surface area contributed by atoms with E-state index in [-0.39, 0.29) is 24.8 Å². The van der Waals surface area contributed by atoms with E-state index in [2.05, 4.69) is 15.2 Å². The Balaban J connectivity index is 0. The Labute approximate surface area is 59.4 Å². The molecule has 3 nitrogen and oxygen atoms in total. The maximum Gasteiger partial charge on any atom is 0.138 e. The van der Waals surface area contributed by atoms with Crippen LogP contribution in [-0.4, -0.2) is 15.2 Å². The van der Waals surface area contributed by atoms with E-state index in [0.717, 1.165) is 0 Å². The van der Waals surface area contributed by atoms with Crippen molar-refractivity contribution in [2.75, 3.05) is 0 Å². The molecule has 46 valence electrons. The maximum absolute atomic E-state index is 3.61. The topological polar surface area (TPSA) is 38.7 Å². The molecule has 0 radical (unpaired) electrons. The maximum atomic E-state index is 3.61. The quantitative estimate of drug-likeness (QED) is 0.552. The van der Waals surface area contributed by atoms with E-state index in [0.29, 0.717) is 0 Å². The van der Waals surface area contributed by atoms with Crippen molar-refractivity contribution in [1.29, 1.82) is 0 Å². The van der Waals surface area contributed by atoms with Crippen molar-refractivity contribution in [2.24, 2.45) is 0 Å². The molecule has 5 heteroatoms. The van der Waals surface area contributed by atoms with E-state index in [4.69, 9.17) is 0 Å². The summed E-state index contributed by atoms with van der Waals surface area (Å²) in [6, 6.07) is 0. The van der Waals surface area contributed by atoms with Crippen LogP contribution in [0.15, 0.2) is 18.7 Å². The molecule has 0 saturated heterocycles. The number of hydrogen-bond acceptors (Lipinski definition) is 3. The molecule has 8 heavy (non-hydrogen) atoms. The van der Waals surface area contributed by atoms with Crippen molar-refractivity contribution >= 4 is 24.8 Å². The third-order valence-electron chi connectivity index (χ3n) is 0.404. The van der Waals surface area contributed by atoms with Gasteiger partial charge in [-0.1, -0.05) is 0 Å². The van der Waals surface area contributed by atoms with E-state index in [1.807, 2.05) is 0 Å². The summed E-state index contributed by atoms with van der Waals surface area (Å²) >= 11 is 0. The molecule has 1 heterocycles. The molecular weight excluding hydrogens is 149 g/mol. The van der Waals surface area contributed by atoms with Gasteiger partial charge in [-0.3, -0.25) is 0 Å². The molecule has 0 atom stereocenters. The summed E-state index contributed by atoms with van der Waals surface area (Å²) in [5.74, 6) is 0. The summed E-state index contributed by atoms with van der Waals surface area (Å²) in [5.41, 5.74) is 0. The molecular formula is C3H5Cl2N3. The Morgan fingerprint density at radius 1 is 0.875 bits per heavy atom. The summed E-state index contributed by atoms with van der Waals surface area (Å²) in [7, 11) is 0. The Bertz CT molecular complexity index is 84.5. The van der Waals surface area contributed by atoms with E-state index in [9.17, 15) is 0 Å². The second kappa shape index (κ2) is 6.59. The number of aromatic nitrogens is 3. The highest BCUT2D eigenvalue weighted by molar-refractivity contribution is 5.85. The molecule has 1 aromatic rings. The van der Waals surface area contributed by atoms with Gasteiger partial charge in [-0.2, -0.15) is 5.10 Å². The van der Waals surface area contributed by atoms with E-state index >= 15 is 0 Å². The van der Waals surface area contributed by atoms with E-state index in [1.165, 1.54) is 12.5 Å². The lowest BCUT2D eigenvalue weighted by atomic mass is 10.9. The largest absolute Gasteiger partial charge is 0.241 e. The van der Waals surface area contributed by atoms with Gasteiger partial charge in [0.25, 0.3) is 0 Å². The predicted molar refractivity (Wildman–Crippen MR) is 34.3 cm³/mol. The average molecular weight is 154 g/mol. The Kier molecular flexibility index (Phi) is 8.69. The number of nitrogens with zero attached hydrogens (tertiary/aromatic N) is 3. The first-order chi connectivity index (χ1) is 3.00. The number of halogens is 2. The van der Waals surface area contributed by atoms with Gasteiger partial charge >= 0.3 is 0 Å². The van der Waals surface area contributed by atoms with Crippen LogP contribution in [0, 0.1) is 0 Å². The zero-order chi connectivity index (χ0) is 4.24. The van der Waals surface area contributed by atoms with Gasteiger partial charge in [-0.05, 0) is 0 Å². The molecule has 0 aliphatic carbocycles. The summed E-state index contributed by atoms with van der Waals surface area (Å²) in [4.78, 5) is 3.61. The first-order valence-corrected chi connectivity index (χ1v) is 1.57. The van der Waals surface area contributed by atoms with Gasteiger partial charge in [-0.25, -0.2) is 4.98 Å². The molecule has 0 aromatic carbocycles. The predicted octanol–water partition coefficient (Wildman–Crippen LogP) is 0.715. The van der Waals surface area contributed by atoms with Gasteiger partial charge < -0.3 is 0 Å². The minimum atomic E-state index is 0. The van der Waals surface area contributed by atoms with Crippen LogP contribution in [0.25, 0.3) is 0 Å². The lowest BCUT2D eigenvalue weighted by Gasteiger charge is -1.69. The third-order valence-corrected chi connectivity index (χ3v) is 0.404. The van der Waals surface area contributed by atoms with Crippen LogP contribution >= 0.6 is 24.8 Å². The average Bonchev–Trinajstić information content (AvgIpc) is 1.72. The van der Waals surface area contributed by atoms with Crippen LogP contribution in [-0.2, 0) is 0 Å². The zero-order valence-corrected chi connectivity index (χ0v) is 5.52. The Morgan fingerprint density at radius 3 is 1.75 bits per heavy atom. The van der Waals surface area contributed by atoms with Gasteiger partial charge in [0.15, 0.2) is 0 Å². The summed E-state index contributed by atoms with van der Waals surface area (Å²) in [6.45, 7) is 0. The van der Waals surface area contributed by atoms with Crippen molar-refractivity contribution < 1.29 is 0 Å². The molecule has 0 spiro atoms. The van der Waals surface area contributed by atoms with Crippen molar-refractivity contribution in [3.8, 4) is 0 Å². The van der Waals surface area contributed by atoms with E-state index in [1.54, 1.807) is 6.20 Å². The molecule has 0 fully saturated rings. The lowest BCUT2D eigenvalue weighted by Crippen LogP contribution is -1.75. The first-order valence-electron chi connectivity index (χ1n) is 1.57. The molecule has 0 aliphatic heterocycles. The van der Waals surface area contributed by atoms with Gasteiger partial charge in [0.05, 0.1) is 6.20 Å². The highest BCUT2D eigenvalue weighted by Gasteiger charge is 1.60. The van der Waals surface area contributed by atoms with Gasteiger partial charge in [0.2, 0.25) is 0 Å². The van der Waals surface area contributed by atoms with E-state index < -0.39 is 0 Å². The molecule has 1 aromatic heterocycles. The van der Waals surface area contributed by atoms with Crippen molar-refractivity contribution in [3.05, 3.63) is 18.7 Å². The van der Waals surface area contributed by atoms with Gasteiger partial charge in [0, 0.05) is 6.20 Å². The molecule has 0 bridgehead atoms. The molecule has 0 N–H and O–H groups in total. The van der Waals surface area contributed by atoms with Gasteiger partial charge in [-0.15, -0.1) is 29.9 Å². The number of rotatable bonds is 0. The van der Waals surface area contributed by atoms with Crippen molar-refractivity contribution in [2.45, 2.75) is 0 Å². The smallest absolute Gasteiger partial charge is 0.138 e. The first kappa shape index (κ1) is 10.5. The Hall–Kier alpha value is -0.410. The van der Waals surface area contributed by atoms with Crippen LogP contribution in [0.2, 0.25) is 0 Å². The van der Waals surface area contributed by atoms with Crippen molar-refractivity contribution in [1.82, 2.24) is 15.2 Å². The van der Waals surface area contributed by atoms with Crippen LogP contribution in [0.3, 0.4) is 0 Å². The van der Waals surface area contributed by atoms with Gasteiger partial charge in [0.1, 0.15) is 6.33 Å². The highest BCUT2D eigenvalue weighted by atomic mass is 35.5. The fraction of sp³-hybridized carbons (Fsp3) is 0. The normalized spacial score (nSPS) is 6.00. The third kappa shape index (κ3) is 3.77. The van der Waals surface area contributed by atoms with Crippen molar-refractivity contribution in [3.63, 3.8) is 0 Å². The van der Waals surface area contributed by atoms with Crippen LogP contribution in [0.5, 0.6) is 0 Å². The second-order valence-corrected chi connectivity index (χ2v) is 0.794. The minimum absolute atomic E-state index is 0. The molecule has 0 saturated carbocycles. The second-order valence-electron chi connectivity index (χ2n) is 0.794. The van der Waals surface area contributed by atoms with Crippen LogP contribution < -0.4 is 0 Å². The lowest BCUT2D eigenvalue weighted by molar-refractivity contribution is 0.969. The monoisotopic (exact) mass is 153 g/mol. The minimum Gasteiger partial charge on any atom is -0.241 e. The van der Waals surface area contributed by atoms with Crippen LogP contribution in [0.4, 0.5) is 0 Å². The SMILES string of the molecule is Cl.Cl.c1cnncn1. The highest BCUT2D eigenvalue weighted by Crippen LogP contribution is 1.59. The fourth-order valence-electron chi connectivity index (χ4n) is 0.205. The standard InChI is InChI=1S/C3H3N3.2ClH/c1-2-5-6-3-4-1;;/h1-3H;2*1H. The number of hydrogen-bond donors (Lipinski definition) is 0. The molecule has 0 aliphatic rings. The molecule has 0 amide bonds. The molecule has 0 unspecified atom stereocenters. The summed E-state index contributed by atoms with van der Waals surface area (Å²) in [5, 5.41) is 6.90. The Morgan fingerprint density at radius 2 is 1.62 bits per heavy atom. The summed E-state index contributed by atoms with van der Waals surface area (Å²) in [6.07, 6.45) is 4.49.